The van der Waals surface area contributed by atoms with Crippen molar-refractivity contribution in [3.8, 4) is 0 Å². The molecule has 2 N–H and O–H groups in total. The maximum atomic E-state index is 12.8. The van der Waals surface area contributed by atoms with Gasteiger partial charge in [0.15, 0.2) is 0 Å². The summed E-state index contributed by atoms with van der Waals surface area (Å²) in [5.74, 6) is -1.11. The number of anilines is 1. The van der Waals surface area contributed by atoms with Crippen LogP contribution in [-0.4, -0.2) is 11.1 Å². The fraction of sp³-hybridized carbons (Fsp3) is 0.133. The molecule has 21 heavy (non-hydrogen) atoms. The molecule has 3 nitrogen and oxygen atoms in total. The van der Waals surface area contributed by atoms with Gasteiger partial charge in [-0.05, 0) is 23.8 Å². The molecule has 0 saturated carbocycles. The quantitative estimate of drug-likeness (QED) is 0.895. The first-order valence-corrected chi connectivity index (χ1v) is 6.11. The van der Waals surface area contributed by atoms with Gasteiger partial charge in [-0.1, -0.05) is 30.3 Å². The Morgan fingerprint density at radius 2 is 1.67 bits per heavy atom. The van der Waals surface area contributed by atoms with Gasteiger partial charge in [0.1, 0.15) is 0 Å². The maximum Gasteiger partial charge on any atom is 0.418 e. The van der Waals surface area contributed by atoms with E-state index in [9.17, 15) is 18.0 Å². The summed E-state index contributed by atoms with van der Waals surface area (Å²) in [6.45, 7) is -0.00440. The number of hydrogen-bond acceptors (Lipinski definition) is 2. The molecular formula is C15H12F3NO2. The number of halogens is 3. The van der Waals surface area contributed by atoms with Gasteiger partial charge >= 0.3 is 12.1 Å². The summed E-state index contributed by atoms with van der Waals surface area (Å²) in [6, 6.07) is 11.3. The summed E-state index contributed by atoms with van der Waals surface area (Å²) >= 11 is 0. The molecule has 2 rings (SSSR count). The summed E-state index contributed by atoms with van der Waals surface area (Å²) in [6.07, 6.45) is -4.46. The highest BCUT2D eigenvalue weighted by atomic mass is 19.4. The molecule has 0 atom stereocenters. The second kappa shape index (κ2) is 5.87. The summed E-state index contributed by atoms with van der Waals surface area (Å²) in [4.78, 5) is 11.1. The molecule has 0 bridgehead atoms. The van der Waals surface area contributed by atoms with Crippen LogP contribution in [0.5, 0.6) is 0 Å². The van der Waals surface area contributed by atoms with Crippen molar-refractivity contribution in [3.05, 3.63) is 65.2 Å². The minimum Gasteiger partial charge on any atom is -0.478 e. The normalized spacial score (nSPS) is 11.2. The van der Waals surface area contributed by atoms with Crippen molar-refractivity contribution in [2.75, 3.05) is 5.32 Å². The van der Waals surface area contributed by atoms with E-state index >= 15 is 0 Å². The number of hydrogen-bond donors (Lipinski definition) is 2. The van der Waals surface area contributed by atoms with Crippen molar-refractivity contribution >= 4 is 11.7 Å². The van der Waals surface area contributed by atoms with Crippen LogP contribution in [0.15, 0.2) is 48.5 Å². The van der Waals surface area contributed by atoms with Crippen LogP contribution in [0, 0.1) is 0 Å². The Balaban J connectivity index is 2.24. The van der Waals surface area contributed by atoms with E-state index in [2.05, 4.69) is 5.32 Å². The molecule has 0 spiro atoms. The topological polar surface area (TPSA) is 49.3 Å². The molecule has 110 valence electrons. The Bertz CT molecular complexity index is 653. The molecule has 0 radical (unpaired) electrons. The van der Waals surface area contributed by atoms with Gasteiger partial charge in [-0.2, -0.15) is 13.2 Å². The van der Waals surface area contributed by atoms with E-state index in [0.717, 1.165) is 6.07 Å². The van der Waals surface area contributed by atoms with Gasteiger partial charge in [0.2, 0.25) is 0 Å². The molecule has 0 unspecified atom stereocenters. The number of rotatable bonds is 4. The lowest BCUT2D eigenvalue weighted by Crippen LogP contribution is -2.12. The zero-order chi connectivity index (χ0) is 15.5. The fourth-order valence-electron chi connectivity index (χ4n) is 1.96. The molecule has 0 aliphatic carbocycles. The van der Waals surface area contributed by atoms with Crippen LogP contribution in [0.4, 0.5) is 18.9 Å². The first kappa shape index (κ1) is 14.9. The molecule has 2 aromatic rings. The molecule has 0 saturated heterocycles. The standard InChI is InChI=1S/C15H12F3NO2/c16-15(17,18)12-7-3-4-8-13(12)19-9-10-5-1-2-6-11(10)14(20)21/h1-8,19H,9H2,(H,20,21). The van der Waals surface area contributed by atoms with Gasteiger partial charge in [-0.15, -0.1) is 0 Å². The van der Waals surface area contributed by atoms with Crippen LogP contribution in [-0.2, 0) is 12.7 Å². The third-order valence-corrected chi connectivity index (χ3v) is 2.95. The van der Waals surface area contributed by atoms with E-state index in [-0.39, 0.29) is 17.8 Å². The van der Waals surface area contributed by atoms with E-state index in [1.54, 1.807) is 18.2 Å². The Kier molecular flexibility index (Phi) is 4.16. The average Bonchev–Trinajstić information content (AvgIpc) is 2.44. The highest BCUT2D eigenvalue weighted by Gasteiger charge is 2.33. The second-order valence-corrected chi connectivity index (χ2v) is 4.36. The summed E-state index contributed by atoms with van der Waals surface area (Å²) in [5.41, 5.74) is -0.375. The molecule has 0 heterocycles. The van der Waals surface area contributed by atoms with Gasteiger partial charge in [0, 0.05) is 12.2 Å². The van der Waals surface area contributed by atoms with E-state index in [1.807, 2.05) is 0 Å². The van der Waals surface area contributed by atoms with Gasteiger partial charge in [0.25, 0.3) is 0 Å². The third kappa shape index (κ3) is 3.53. The minimum absolute atomic E-state index is 0.00440. The largest absolute Gasteiger partial charge is 0.478 e. The predicted octanol–water partition coefficient (Wildman–Crippen LogP) is 4.02. The van der Waals surface area contributed by atoms with Crippen LogP contribution >= 0.6 is 0 Å². The minimum atomic E-state index is -4.46. The van der Waals surface area contributed by atoms with Crippen molar-refractivity contribution in [2.45, 2.75) is 12.7 Å². The number of carboxylic acids is 1. The lowest BCUT2D eigenvalue weighted by atomic mass is 10.1. The molecular weight excluding hydrogens is 283 g/mol. The van der Waals surface area contributed by atoms with Crippen molar-refractivity contribution in [1.82, 2.24) is 0 Å². The smallest absolute Gasteiger partial charge is 0.418 e. The van der Waals surface area contributed by atoms with Crippen LogP contribution in [0.2, 0.25) is 0 Å². The first-order chi connectivity index (χ1) is 9.89. The van der Waals surface area contributed by atoms with Crippen molar-refractivity contribution in [3.63, 3.8) is 0 Å². The third-order valence-electron chi connectivity index (χ3n) is 2.95. The highest BCUT2D eigenvalue weighted by molar-refractivity contribution is 5.89. The molecule has 0 amide bonds. The zero-order valence-corrected chi connectivity index (χ0v) is 10.8. The first-order valence-electron chi connectivity index (χ1n) is 6.11. The van der Waals surface area contributed by atoms with E-state index < -0.39 is 17.7 Å². The summed E-state index contributed by atoms with van der Waals surface area (Å²) in [5, 5.41) is 11.7. The summed E-state index contributed by atoms with van der Waals surface area (Å²) in [7, 11) is 0. The highest BCUT2D eigenvalue weighted by Crippen LogP contribution is 2.34. The molecule has 0 aromatic heterocycles. The molecule has 0 aliphatic rings. The molecule has 0 fully saturated rings. The Morgan fingerprint density at radius 1 is 1.05 bits per heavy atom. The Hall–Kier alpha value is -2.50. The van der Waals surface area contributed by atoms with Crippen LogP contribution in [0.25, 0.3) is 0 Å². The Morgan fingerprint density at radius 3 is 2.33 bits per heavy atom. The van der Waals surface area contributed by atoms with Gasteiger partial charge in [0.05, 0.1) is 11.1 Å². The van der Waals surface area contributed by atoms with Crippen molar-refractivity contribution in [2.24, 2.45) is 0 Å². The molecule has 0 aliphatic heterocycles. The second-order valence-electron chi connectivity index (χ2n) is 4.36. The van der Waals surface area contributed by atoms with Crippen LogP contribution in [0.3, 0.4) is 0 Å². The maximum absolute atomic E-state index is 12.8. The van der Waals surface area contributed by atoms with Gasteiger partial charge in [-0.25, -0.2) is 4.79 Å². The number of nitrogens with one attached hydrogen (secondary N) is 1. The lowest BCUT2D eigenvalue weighted by molar-refractivity contribution is -0.137. The zero-order valence-electron chi connectivity index (χ0n) is 10.8. The Labute approximate surface area is 119 Å². The number of aromatic carboxylic acids is 1. The SMILES string of the molecule is O=C(O)c1ccccc1CNc1ccccc1C(F)(F)F. The fourth-order valence-corrected chi connectivity index (χ4v) is 1.96. The molecule has 2 aromatic carbocycles. The van der Waals surface area contributed by atoms with Gasteiger partial charge in [-0.3, -0.25) is 0 Å². The lowest BCUT2D eigenvalue weighted by Gasteiger charge is -2.15. The number of para-hydroxylation sites is 1. The summed E-state index contributed by atoms with van der Waals surface area (Å²) < 4.78 is 38.5. The van der Waals surface area contributed by atoms with Crippen LogP contribution < -0.4 is 5.32 Å². The van der Waals surface area contributed by atoms with E-state index in [0.29, 0.717) is 5.56 Å². The van der Waals surface area contributed by atoms with Crippen molar-refractivity contribution < 1.29 is 23.1 Å². The number of alkyl halides is 3. The predicted molar refractivity (Wildman–Crippen MR) is 72.2 cm³/mol. The van der Waals surface area contributed by atoms with Gasteiger partial charge < -0.3 is 10.4 Å². The van der Waals surface area contributed by atoms with E-state index in [1.165, 1.54) is 24.3 Å². The number of carbonyl (C=O) groups is 1. The number of benzene rings is 2. The monoisotopic (exact) mass is 295 g/mol. The number of carboxylic acid groups (broad SMARTS) is 1. The van der Waals surface area contributed by atoms with Crippen LogP contribution in [0.1, 0.15) is 21.5 Å². The molecule has 6 heteroatoms. The average molecular weight is 295 g/mol. The van der Waals surface area contributed by atoms with Crippen molar-refractivity contribution in [1.29, 1.82) is 0 Å². The van der Waals surface area contributed by atoms with E-state index in [4.69, 9.17) is 5.11 Å².